The van der Waals surface area contributed by atoms with Crippen molar-refractivity contribution in [3.8, 4) is 5.75 Å². The molecule has 6 nitrogen and oxygen atoms in total. The predicted octanol–water partition coefficient (Wildman–Crippen LogP) is 4.18. The smallest absolute Gasteiger partial charge is 0.257 e. The zero-order chi connectivity index (χ0) is 20.5. The number of hydrogen-bond donors (Lipinski definition) is 2. The number of carbonyl (C=O) groups is 1. The third-order valence-electron chi connectivity index (χ3n) is 4.38. The van der Waals surface area contributed by atoms with Gasteiger partial charge in [0.15, 0.2) is 5.13 Å². The predicted molar refractivity (Wildman–Crippen MR) is 117 cm³/mol. The molecule has 1 heterocycles. The van der Waals surface area contributed by atoms with E-state index in [1.165, 1.54) is 11.3 Å². The van der Waals surface area contributed by atoms with Crippen LogP contribution in [0.5, 0.6) is 5.75 Å². The van der Waals surface area contributed by atoms with E-state index in [9.17, 15) is 4.79 Å². The van der Waals surface area contributed by atoms with Crippen LogP contribution in [0.3, 0.4) is 0 Å². The number of nitrogens with one attached hydrogen (secondary N) is 1. The van der Waals surface area contributed by atoms with Crippen molar-refractivity contribution in [2.24, 2.45) is 0 Å². The van der Waals surface area contributed by atoms with Gasteiger partial charge in [-0.1, -0.05) is 18.2 Å². The first-order valence-electron chi connectivity index (χ1n) is 9.45. The van der Waals surface area contributed by atoms with Crippen LogP contribution in [-0.4, -0.2) is 31.2 Å². The van der Waals surface area contributed by atoms with Gasteiger partial charge >= 0.3 is 0 Å². The number of benzene rings is 2. The van der Waals surface area contributed by atoms with Gasteiger partial charge in [0.05, 0.1) is 6.61 Å². The summed E-state index contributed by atoms with van der Waals surface area (Å²) in [5.41, 5.74) is 9.48. The maximum absolute atomic E-state index is 12.7. The molecule has 1 aromatic heterocycles. The highest BCUT2D eigenvalue weighted by Gasteiger charge is 2.12. The molecule has 1 amide bonds. The molecule has 0 unspecified atom stereocenters. The van der Waals surface area contributed by atoms with Gasteiger partial charge in [-0.15, -0.1) is 11.3 Å². The Bertz CT molecular complexity index is 929. The molecule has 3 rings (SSSR count). The molecule has 0 radical (unpaired) electrons. The number of aromatic nitrogens is 1. The van der Waals surface area contributed by atoms with E-state index in [2.05, 4.69) is 10.3 Å². The highest BCUT2D eigenvalue weighted by Crippen LogP contribution is 2.22. The SMILES string of the molecule is COCCCOc1cc(CCc2ccccc2N)cc(C(=O)Nc2nccs2)c1. The van der Waals surface area contributed by atoms with E-state index in [0.717, 1.165) is 36.1 Å². The first-order valence-corrected chi connectivity index (χ1v) is 10.3. The number of aryl methyl sites for hydroxylation is 2. The highest BCUT2D eigenvalue weighted by molar-refractivity contribution is 7.13. The number of amides is 1. The van der Waals surface area contributed by atoms with Crippen LogP contribution in [-0.2, 0) is 17.6 Å². The molecule has 0 bridgehead atoms. The van der Waals surface area contributed by atoms with E-state index >= 15 is 0 Å². The molecule has 152 valence electrons. The lowest BCUT2D eigenvalue weighted by Crippen LogP contribution is -2.13. The van der Waals surface area contributed by atoms with Crippen LogP contribution in [0.4, 0.5) is 10.8 Å². The van der Waals surface area contributed by atoms with Crippen LogP contribution in [0.1, 0.15) is 27.9 Å². The number of nitrogens with zero attached hydrogens (tertiary/aromatic N) is 1. The van der Waals surface area contributed by atoms with Gasteiger partial charge in [-0.2, -0.15) is 0 Å². The molecule has 29 heavy (non-hydrogen) atoms. The summed E-state index contributed by atoms with van der Waals surface area (Å²) >= 11 is 1.38. The second-order valence-corrected chi connectivity index (χ2v) is 7.45. The van der Waals surface area contributed by atoms with Crippen LogP contribution >= 0.6 is 11.3 Å². The van der Waals surface area contributed by atoms with Crippen LogP contribution in [0, 0.1) is 0 Å². The lowest BCUT2D eigenvalue weighted by atomic mass is 10.0. The molecule has 3 N–H and O–H groups in total. The molecule has 0 aliphatic rings. The Morgan fingerprint density at radius 2 is 2.03 bits per heavy atom. The van der Waals surface area contributed by atoms with E-state index in [1.54, 1.807) is 19.4 Å². The lowest BCUT2D eigenvalue weighted by molar-refractivity contribution is 0.102. The van der Waals surface area contributed by atoms with Crippen LogP contribution in [0.25, 0.3) is 0 Å². The molecule has 0 saturated heterocycles. The van der Waals surface area contributed by atoms with Gasteiger partial charge in [-0.05, 0) is 48.2 Å². The lowest BCUT2D eigenvalue weighted by Gasteiger charge is -2.12. The average molecular weight is 412 g/mol. The van der Waals surface area contributed by atoms with Crippen molar-refractivity contribution in [1.29, 1.82) is 0 Å². The number of carbonyl (C=O) groups excluding carboxylic acids is 1. The summed E-state index contributed by atoms with van der Waals surface area (Å²) < 4.78 is 10.9. The van der Waals surface area contributed by atoms with E-state index < -0.39 is 0 Å². The van der Waals surface area contributed by atoms with Crippen molar-refractivity contribution in [3.63, 3.8) is 0 Å². The zero-order valence-corrected chi connectivity index (χ0v) is 17.2. The molecule has 0 aliphatic carbocycles. The number of hydrogen-bond acceptors (Lipinski definition) is 6. The molecular weight excluding hydrogens is 386 g/mol. The monoisotopic (exact) mass is 411 g/mol. The molecule has 0 fully saturated rings. The average Bonchev–Trinajstić information content (AvgIpc) is 3.23. The normalized spacial score (nSPS) is 10.7. The minimum atomic E-state index is -0.206. The number of thiazole rings is 1. The zero-order valence-electron chi connectivity index (χ0n) is 16.4. The standard InChI is InChI=1S/C22H25N3O3S/c1-27-10-4-11-28-19-14-16(7-8-17-5-2-3-6-20(17)23)13-18(15-19)21(26)25-22-24-9-12-29-22/h2-3,5-6,9,12-15H,4,7-8,10-11,23H2,1H3,(H,24,25,26). The fraction of sp³-hybridized carbons (Fsp3) is 0.273. The molecule has 3 aromatic rings. The van der Waals surface area contributed by atoms with Crippen molar-refractivity contribution in [2.45, 2.75) is 19.3 Å². The Kier molecular flexibility index (Phi) is 7.61. The summed E-state index contributed by atoms with van der Waals surface area (Å²) in [6.45, 7) is 1.15. The van der Waals surface area contributed by atoms with Gasteiger partial charge in [-0.25, -0.2) is 4.98 Å². The number of nitrogen functional groups attached to an aromatic ring is 1. The first-order chi connectivity index (χ1) is 14.2. The Hall–Kier alpha value is -2.90. The number of para-hydroxylation sites is 1. The summed E-state index contributed by atoms with van der Waals surface area (Å²) in [6, 6.07) is 13.5. The maximum Gasteiger partial charge on any atom is 0.257 e. The number of nitrogens with two attached hydrogens (primary N) is 1. The highest BCUT2D eigenvalue weighted by atomic mass is 32.1. The summed E-state index contributed by atoms with van der Waals surface area (Å²) in [5.74, 6) is 0.465. The second kappa shape index (κ2) is 10.6. The molecule has 0 saturated carbocycles. The number of methoxy groups -OCH3 is 1. The minimum Gasteiger partial charge on any atom is -0.493 e. The Balaban J connectivity index is 1.75. The number of anilines is 2. The van der Waals surface area contributed by atoms with Crippen molar-refractivity contribution >= 4 is 28.1 Å². The van der Waals surface area contributed by atoms with E-state index in [0.29, 0.717) is 29.7 Å². The third kappa shape index (κ3) is 6.30. The minimum absolute atomic E-state index is 0.206. The van der Waals surface area contributed by atoms with Crippen LogP contribution in [0.2, 0.25) is 0 Å². The van der Waals surface area contributed by atoms with Crippen molar-refractivity contribution in [3.05, 3.63) is 70.7 Å². The van der Waals surface area contributed by atoms with Gasteiger partial charge in [0.1, 0.15) is 5.75 Å². The fourth-order valence-electron chi connectivity index (χ4n) is 2.91. The molecule has 0 atom stereocenters. The van der Waals surface area contributed by atoms with Crippen molar-refractivity contribution in [2.75, 3.05) is 31.4 Å². The third-order valence-corrected chi connectivity index (χ3v) is 5.07. The molecule has 7 heteroatoms. The topological polar surface area (TPSA) is 86.5 Å². The maximum atomic E-state index is 12.7. The van der Waals surface area contributed by atoms with Gasteiger partial charge < -0.3 is 15.2 Å². The van der Waals surface area contributed by atoms with Crippen LogP contribution in [0.15, 0.2) is 54.0 Å². The van der Waals surface area contributed by atoms with Gasteiger partial charge in [-0.3, -0.25) is 10.1 Å². The van der Waals surface area contributed by atoms with Gasteiger partial charge in [0.2, 0.25) is 0 Å². The van der Waals surface area contributed by atoms with Crippen molar-refractivity contribution < 1.29 is 14.3 Å². The quantitative estimate of drug-likeness (QED) is 0.386. The molecule has 2 aromatic carbocycles. The van der Waals surface area contributed by atoms with E-state index in [4.69, 9.17) is 15.2 Å². The Morgan fingerprint density at radius 1 is 1.17 bits per heavy atom. The summed E-state index contributed by atoms with van der Waals surface area (Å²) in [5, 5.41) is 5.21. The number of ether oxygens (including phenoxy) is 2. The van der Waals surface area contributed by atoms with E-state index in [1.807, 2.05) is 41.8 Å². The molecule has 0 aliphatic heterocycles. The summed E-state index contributed by atoms with van der Waals surface area (Å²) in [4.78, 5) is 16.8. The van der Waals surface area contributed by atoms with E-state index in [-0.39, 0.29) is 5.91 Å². The molecule has 0 spiro atoms. The molecular formula is C22H25N3O3S. The van der Waals surface area contributed by atoms with Gasteiger partial charge in [0.25, 0.3) is 5.91 Å². The largest absolute Gasteiger partial charge is 0.493 e. The Labute approximate surface area is 174 Å². The summed E-state index contributed by atoms with van der Waals surface area (Å²) in [7, 11) is 1.66. The van der Waals surface area contributed by atoms with Gasteiger partial charge in [0, 0.05) is 43.0 Å². The second-order valence-electron chi connectivity index (χ2n) is 6.55. The van der Waals surface area contributed by atoms with Crippen LogP contribution < -0.4 is 15.8 Å². The first kappa shape index (κ1) is 20.8. The van der Waals surface area contributed by atoms with Crippen molar-refractivity contribution in [1.82, 2.24) is 4.98 Å². The fourth-order valence-corrected chi connectivity index (χ4v) is 3.43. The Morgan fingerprint density at radius 3 is 2.79 bits per heavy atom. The summed E-state index contributed by atoms with van der Waals surface area (Å²) in [6.07, 6.45) is 3.97. The number of rotatable bonds is 10.